The van der Waals surface area contributed by atoms with Crippen LogP contribution in [0.2, 0.25) is 10.2 Å². The molecule has 0 radical (unpaired) electrons. The van der Waals surface area contributed by atoms with Crippen LogP contribution in [0.3, 0.4) is 0 Å². The summed E-state index contributed by atoms with van der Waals surface area (Å²) in [7, 11) is -3.41. The molecule has 1 rings (SSSR count). The number of hydrogen-bond donors (Lipinski definition) is 1. The van der Waals surface area contributed by atoms with Crippen LogP contribution in [0.15, 0.2) is 6.33 Å². The van der Waals surface area contributed by atoms with E-state index in [0.29, 0.717) is 6.42 Å². The van der Waals surface area contributed by atoms with Crippen LogP contribution >= 0.6 is 23.2 Å². The Balaban J connectivity index is 2.95. The maximum Gasteiger partial charge on any atom is 0.233 e. The Kier molecular flexibility index (Phi) is 4.12. The first-order valence-corrected chi connectivity index (χ1v) is 6.53. The molecule has 0 saturated heterocycles. The van der Waals surface area contributed by atoms with Crippen molar-refractivity contribution in [3.05, 3.63) is 16.5 Å². The number of aromatic nitrogens is 2. The Morgan fingerprint density at radius 2 is 2.07 bits per heavy atom. The van der Waals surface area contributed by atoms with Crippen LogP contribution in [0, 0.1) is 0 Å². The molecule has 1 heterocycles. The smallest absolute Gasteiger partial charge is 0.233 e. The number of nitrogens with one attached hydrogen (secondary N) is 1. The average Bonchev–Trinajstić information content (AvgIpc) is 2.12. The third kappa shape index (κ3) is 3.48. The summed E-state index contributed by atoms with van der Waals surface area (Å²) < 4.78 is 25.0. The largest absolute Gasteiger partial charge is 0.266 e. The van der Waals surface area contributed by atoms with Gasteiger partial charge in [-0.3, -0.25) is 4.72 Å². The van der Waals surface area contributed by atoms with Gasteiger partial charge >= 0.3 is 0 Å². The fourth-order valence-electron chi connectivity index (χ4n) is 0.887. The molecule has 84 valence electrons. The molecule has 0 aromatic carbocycles. The van der Waals surface area contributed by atoms with Gasteiger partial charge in [-0.2, -0.15) is 0 Å². The molecular weight excluding hydrogens is 261 g/mol. The van der Waals surface area contributed by atoms with E-state index >= 15 is 0 Å². The van der Waals surface area contributed by atoms with Crippen LogP contribution in [-0.2, 0) is 10.0 Å². The van der Waals surface area contributed by atoms with Gasteiger partial charge in [0.05, 0.1) is 5.75 Å². The van der Waals surface area contributed by atoms with E-state index in [9.17, 15) is 8.42 Å². The van der Waals surface area contributed by atoms with Gasteiger partial charge < -0.3 is 0 Å². The van der Waals surface area contributed by atoms with E-state index in [0.717, 1.165) is 6.33 Å². The molecule has 0 aliphatic rings. The molecule has 0 aliphatic heterocycles. The van der Waals surface area contributed by atoms with Crippen molar-refractivity contribution >= 4 is 39.0 Å². The van der Waals surface area contributed by atoms with Crippen LogP contribution in [0.5, 0.6) is 0 Å². The molecule has 0 amide bonds. The zero-order chi connectivity index (χ0) is 11.5. The highest BCUT2D eigenvalue weighted by molar-refractivity contribution is 7.92. The second-order valence-corrected chi connectivity index (χ2v) is 5.33. The topological polar surface area (TPSA) is 72.0 Å². The Labute approximate surface area is 97.9 Å². The summed E-state index contributed by atoms with van der Waals surface area (Å²) in [6.07, 6.45) is 1.64. The van der Waals surface area contributed by atoms with Gasteiger partial charge in [-0.05, 0) is 6.42 Å². The van der Waals surface area contributed by atoms with Crippen molar-refractivity contribution in [1.82, 2.24) is 9.97 Å². The molecule has 0 fully saturated rings. The summed E-state index contributed by atoms with van der Waals surface area (Å²) in [4.78, 5) is 7.29. The van der Waals surface area contributed by atoms with E-state index in [1.54, 1.807) is 6.92 Å². The lowest BCUT2D eigenvalue weighted by Crippen LogP contribution is -2.17. The number of anilines is 1. The third-order valence-corrected chi connectivity index (χ3v) is 3.66. The van der Waals surface area contributed by atoms with Gasteiger partial charge in [0.2, 0.25) is 10.0 Å². The second kappa shape index (κ2) is 4.96. The Hall–Kier alpha value is -0.590. The van der Waals surface area contributed by atoms with Gasteiger partial charge in [0.15, 0.2) is 11.0 Å². The SMILES string of the molecule is CCCS(=O)(=O)Nc1ncnc(Cl)c1Cl. The second-order valence-electron chi connectivity index (χ2n) is 2.75. The monoisotopic (exact) mass is 269 g/mol. The molecule has 0 spiro atoms. The van der Waals surface area contributed by atoms with Crippen molar-refractivity contribution in [3.63, 3.8) is 0 Å². The molecule has 0 bridgehead atoms. The predicted molar refractivity (Wildman–Crippen MR) is 59.8 cm³/mol. The average molecular weight is 270 g/mol. The summed E-state index contributed by atoms with van der Waals surface area (Å²) in [5.41, 5.74) is 0. The van der Waals surface area contributed by atoms with E-state index in [-0.39, 0.29) is 21.7 Å². The maximum absolute atomic E-state index is 11.4. The van der Waals surface area contributed by atoms with E-state index in [1.807, 2.05) is 0 Å². The standard InChI is InChI=1S/C7H9Cl2N3O2S/c1-2-3-15(13,14)12-7-5(8)6(9)10-4-11-7/h4H,2-3H2,1H3,(H,10,11,12). The lowest BCUT2D eigenvalue weighted by atomic mass is 10.6. The Morgan fingerprint density at radius 1 is 1.40 bits per heavy atom. The quantitative estimate of drug-likeness (QED) is 0.848. The van der Waals surface area contributed by atoms with Gasteiger partial charge in [-0.25, -0.2) is 18.4 Å². The van der Waals surface area contributed by atoms with Gasteiger partial charge in [-0.15, -0.1) is 0 Å². The van der Waals surface area contributed by atoms with Gasteiger partial charge in [0.25, 0.3) is 0 Å². The molecule has 0 unspecified atom stereocenters. The summed E-state index contributed by atoms with van der Waals surface area (Å²) in [6, 6.07) is 0. The summed E-state index contributed by atoms with van der Waals surface area (Å²) in [5, 5.41) is 0.0136. The van der Waals surface area contributed by atoms with Gasteiger partial charge in [0.1, 0.15) is 11.3 Å². The summed E-state index contributed by atoms with van der Waals surface area (Å²) in [5.74, 6) is 0.00965. The van der Waals surface area contributed by atoms with Crippen molar-refractivity contribution < 1.29 is 8.42 Å². The summed E-state index contributed by atoms with van der Waals surface area (Å²) in [6.45, 7) is 1.76. The molecule has 5 nitrogen and oxygen atoms in total. The minimum Gasteiger partial charge on any atom is -0.266 e. The fourth-order valence-corrected chi connectivity index (χ4v) is 2.31. The van der Waals surface area contributed by atoms with Crippen molar-refractivity contribution in [2.24, 2.45) is 0 Å². The highest BCUT2D eigenvalue weighted by atomic mass is 35.5. The van der Waals surface area contributed by atoms with Crippen LogP contribution < -0.4 is 4.72 Å². The predicted octanol–water partition coefficient (Wildman–Crippen LogP) is 1.94. The fraction of sp³-hybridized carbons (Fsp3) is 0.429. The number of nitrogens with zero attached hydrogens (tertiary/aromatic N) is 2. The maximum atomic E-state index is 11.4. The van der Waals surface area contributed by atoms with Crippen LogP contribution in [-0.4, -0.2) is 24.1 Å². The number of halogens is 2. The minimum atomic E-state index is -3.41. The molecule has 0 atom stereocenters. The van der Waals surface area contributed by atoms with E-state index in [1.165, 1.54) is 0 Å². The number of rotatable bonds is 4. The van der Waals surface area contributed by atoms with Crippen LogP contribution in [0.25, 0.3) is 0 Å². The molecule has 0 saturated carbocycles. The van der Waals surface area contributed by atoms with Gasteiger partial charge in [-0.1, -0.05) is 30.1 Å². The Morgan fingerprint density at radius 3 is 2.67 bits per heavy atom. The van der Waals surface area contributed by atoms with E-state index in [4.69, 9.17) is 23.2 Å². The molecule has 0 aliphatic carbocycles. The highest BCUT2D eigenvalue weighted by Gasteiger charge is 2.14. The van der Waals surface area contributed by atoms with Crippen LogP contribution in [0.1, 0.15) is 13.3 Å². The first kappa shape index (κ1) is 12.5. The first-order chi connectivity index (χ1) is 6.96. The normalized spacial score (nSPS) is 11.4. The molecule has 1 aromatic heterocycles. The lowest BCUT2D eigenvalue weighted by molar-refractivity contribution is 0.599. The van der Waals surface area contributed by atoms with E-state index < -0.39 is 10.0 Å². The van der Waals surface area contributed by atoms with E-state index in [2.05, 4.69) is 14.7 Å². The van der Waals surface area contributed by atoms with Crippen molar-refractivity contribution in [3.8, 4) is 0 Å². The van der Waals surface area contributed by atoms with Crippen molar-refractivity contribution in [2.75, 3.05) is 10.5 Å². The van der Waals surface area contributed by atoms with Crippen LogP contribution in [0.4, 0.5) is 5.82 Å². The highest BCUT2D eigenvalue weighted by Crippen LogP contribution is 2.25. The lowest BCUT2D eigenvalue weighted by Gasteiger charge is -2.07. The first-order valence-electron chi connectivity index (χ1n) is 4.12. The van der Waals surface area contributed by atoms with Gasteiger partial charge in [0, 0.05) is 0 Å². The third-order valence-electron chi connectivity index (χ3n) is 1.47. The van der Waals surface area contributed by atoms with Crippen molar-refractivity contribution in [1.29, 1.82) is 0 Å². The molecule has 8 heteroatoms. The summed E-state index contributed by atoms with van der Waals surface area (Å²) >= 11 is 11.3. The molecule has 1 aromatic rings. The Bertz CT molecular complexity index is 450. The number of hydrogen-bond acceptors (Lipinski definition) is 4. The number of sulfonamides is 1. The van der Waals surface area contributed by atoms with Crippen molar-refractivity contribution in [2.45, 2.75) is 13.3 Å². The molecular formula is C7H9Cl2N3O2S. The molecule has 15 heavy (non-hydrogen) atoms. The zero-order valence-electron chi connectivity index (χ0n) is 7.87. The zero-order valence-corrected chi connectivity index (χ0v) is 10.2. The molecule has 1 N–H and O–H groups in total. The minimum absolute atomic E-state index is 0.00107.